The lowest BCUT2D eigenvalue weighted by Crippen LogP contribution is -2.14. The highest BCUT2D eigenvalue weighted by Gasteiger charge is 2.16. The molecule has 19 heavy (non-hydrogen) atoms. The van der Waals surface area contributed by atoms with E-state index in [4.69, 9.17) is 0 Å². The third-order valence-corrected chi connectivity index (χ3v) is 4.50. The molecule has 2 rings (SSSR count). The average Bonchev–Trinajstić information content (AvgIpc) is 2.33. The third-order valence-electron chi connectivity index (χ3n) is 2.54. The van der Waals surface area contributed by atoms with Crippen LogP contribution in [0.5, 0.6) is 0 Å². The van der Waals surface area contributed by atoms with E-state index in [9.17, 15) is 8.42 Å². The van der Waals surface area contributed by atoms with Crippen molar-refractivity contribution in [2.45, 2.75) is 18.7 Å². The highest BCUT2D eigenvalue weighted by atomic mass is 79.9. The minimum atomic E-state index is -3.61. The molecule has 100 valence electrons. The van der Waals surface area contributed by atoms with Crippen molar-refractivity contribution in [3.63, 3.8) is 0 Å². The zero-order valence-electron chi connectivity index (χ0n) is 10.5. The van der Waals surface area contributed by atoms with E-state index in [2.05, 4.69) is 25.6 Å². The van der Waals surface area contributed by atoms with Gasteiger partial charge in [0.1, 0.15) is 0 Å². The SMILES string of the molecule is Cc1ccc(S(=O)(=O)Nc2ncc(C)cc2Br)cc1. The van der Waals surface area contributed by atoms with E-state index in [1.54, 1.807) is 36.5 Å². The van der Waals surface area contributed by atoms with Crippen LogP contribution in [0.15, 0.2) is 45.9 Å². The van der Waals surface area contributed by atoms with E-state index in [0.29, 0.717) is 4.47 Å². The van der Waals surface area contributed by atoms with Gasteiger partial charge >= 0.3 is 0 Å². The normalized spacial score (nSPS) is 11.3. The summed E-state index contributed by atoms with van der Waals surface area (Å²) in [6.07, 6.45) is 1.61. The van der Waals surface area contributed by atoms with Gasteiger partial charge in [0.15, 0.2) is 5.82 Å². The molecule has 0 bridgehead atoms. The van der Waals surface area contributed by atoms with Crippen LogP contribution in [0.3, 0.4) is 0 Å². The number of hydrogen-bond donors (Lipinski definition) is 1. The zero-order valence-corrected chi connectivity index (χ0v) is 12.9. The molecule has 4 nitrogen and oxygen atoms in total. The molecule has 0 unspecified atom stereocenters. The van der Waals surface area contributed by atoms with Gasteiger partial charge in [-0.15, -0.1) is 0 Å². The van der Waals surface area contributed by atoms with E-state index < -0.39 is 10.0 Å². The first-order valence-electron chi connectivity index (χ1n) is 5.60. The Morgan fingerprint density at radius 3 is 2.32 bits per heavy atom. The number of pyridine rings is 1. The molecule has 1 N–H and O–H groups in total. The van der Waals surface area contributed by atoms with Crippen molar-refractivity contribution in [2.75, 3.05) is 4.72 Å². The second-order valence-electron chi connectivity index (χ2n) is 4.26. The van der Waals surface area contributed by atoms with E-state index in [1.807, 2.05) is 13.8 Å². The van der Waals surface area contributed by atoms with E-state index in [1.165, 1.54) is 0 Å². The topological polar surface area (TPSA) is 59.1 Å². The number of benzene rings is 1. The van der Waals surface area contributed by atoms with Crippen LogP contribution >= 0.6 is 15.9 Å². The number of hydrogen-bond acceptors (Lipinski definition) is 3. The first-order valence-corrected chi connectivity index (χ1v) is 7.88. The van der Waals surface area contributed by atoms with Crippen molar-refractivity contribution >= 4 is 31.8 Å². The fourth-order valence-corrected chi connectivity index (χ4v) is 3.24. The Balaban J connectivity index is 2.33. The average molecular weight is 341 g/mol. The minimum Gasteiger partial charge on any atom is -0.262 e. The van der Waals surface area contributed by atoms with Crippen LogP contribution in [0, 0.1) is 13.8 Å². The van der Waals surface area contributed by atoms with E-state index >= 15 is 0 Å². The minimum absolute atomic E-state index is 0.215. The molecule has 1 aromatic heterocycles. The Labute approximate surface area is 121 Å². The van der Waals surface area contributed by atoms with Gasteiger partial charge in [-0.3, -0.25) is 4.72 Å². The van der Waals surface area contributed by atoms with Gasteiger partial charge in [0.05, 0.1) is 9.37 Å². The molecule has 2 aromatic rings. The Kier molecular flexibility index (Phi) is 3.91. The van der Waals surface area contributed by atoms with Gasteiger partial charge in [-0.2, -0.15) is 0 Å². The molecule has 0 atom stereocenters. The van der Waals surface area contributed by atoms with E-state index in [0.717, 1.165) is 11.1 Å². The molecule has 0 radical (unpaired) electrons. The largest absolute Gasteiger partial charge is 0.263 e. The number of anilines is 1. The van der Waals surface area contributed by atoms with Gasteiger partial charge < -0.3 is 0 Å². The summed E-state index contributed by atoms with van der Waals surface area (Å²) in [6, 6.07) is 8.46. The Morgan fingerprint density at radius 1 is 1.11 bits per heavy atom. The van der Waals surface area contributed by atoms with Gasteiger partial charge in [0.25, 0.3) is 10.0 Å². The molecule has 1 aromatic carbocycles. The van der Waals surface area contributed by atoms with Gasteiger partial charge in [-0.05, 0) is 53.5 Å². The highest BCUT2D eigenvalue weighted by Crippen LogP contribution is 2.23. The van der Waals surface area contributed by atoms with Gasteiger partial charge in [0.2, 0.25) is 0 Å². The monoisotopic (exact) mass is 340 g/mol. The number of halogens is 1. The molecular weight excluding hydrogens is 328 g/mol. The maximum atomic E-state index is 12.2. The number of sulfonamides is 1. The van der Waals surface area contributed by atoms with Gasteiger partial charge in [-0.25, -0.2) is 13.4 Å². The van der Waals surface area contributed by atoms with Crippen molar-refractivity contribution in [1.82, 2.24) is 4.98 Å². The number of aromatic nitrogens is 1. The standard InChI is InChI=1S/C13H13BrN2O2S/c1-9-3-5-11(6-4-9)19(17,18)16-13-12(14)7-10(2)8-15-13/h3-8H,1-2H3,(H,15,16). The van der Waals surface area contributed by atoms with Gasteiger partial charge in [0, 0.05) is 6.20 Å². The van der Waals surface area contributed by atoms with Crippen molar-refractivity contribution in [3.8, 4) is 0 Å². The molecule has 0 spiro atoms. The number of nitrogens with zero attached hydrogens (tertiary/aromatic N) is 1. The number of rotatable bonds is 3. The van der Waals surface area contributed by atoms with Crippen LogP contribution in [-0.4, -0.2) is 13.4 Å². The summed E-state index contributed by atoms with van der Waals surface area (Å²) in [6.45, 7) is 3.79. The molecule has 0 aliphatic carbocycles. The lowest BCUT2D eigenvalue weighted by atomic mass is 10.2. The second-order valence-corrected chi connectivity index (χ2v) is 6.80. The summed E-state index contributed by atoms with van der Waals surface area (Å²) >= 11 is 3.29. The number of aryl methyl sites for hydroxylation is 2. The first kappa shape index (κ1) is 14.0. The smallest absolute Gasteiger partial charge is 0.262 e. The summed E-state index contributed by atoms with van der Waals surface area (Å²) in [5.41, 5.74) is 1.96. The fraction of sp³-hybridized carbons (Fsp3) is 0.154. The summed E-state index contributed by atoms with van der Waals surface area (Å²) in [5.74, 6) is 0.283. The van der Waals surface area contributed by atoms with Crippen LogP contribution in [-0.2, 0) is 10.0 Å². The molecular formula is C13H13BrN2O2S. The quantitative estimate of drug-likeness (QED) is 0.932. The van der Waals surface area contributed by atoms with Crippen molar-refractivity contribution in [2.24, 2.45) is 0 Å². The summed E-state index contributed by atoms with van der Waals surface area (Å²) in [5, 5.41) is 0. The molecule has 0 fully saturated rings. The van der Waals surface area contributed by atoms with E-state index in [-0.39, 0.29) is 10.7 Å². The highest BCUT2D eigenvalue weighted by molar-refractivity contribution is 9.10. The molecule has 0 saturated carbocycles. The summed E-state index contributed by atoms with van der Waals surface area (Å²) in [4.78, 5) is 4.28. The lowest BCUT2D eigenvalue weighted by Gasteiger charge is -2.09. The van der Waals surface area contributed by atoms with Crippen LogP contribution in [0.1, 0.15) is 11.1 Å². The second kappa shape index (κ2) is 5.30. The number of nitrogens with one attached hydrogen (secondary N) is 1. The maximum Gasteiger partial charge on any atom is 0.263 e. The Bertz CT molecular complexity index is 697. The molecule has 6 heteroatoms. The lowest BCUT2D eigenvalue weighted by molar-refractivity contribution is 0.601. The Hall–Kier alpha value is -1.40. The first-order chi connectivity index (χ1) is 8.88. The van der Waals surface area contributed by atoms with Crippen molar-refractivity contribution in [3.05, 3.63) is 52.1 Å². The summed E-state index contributed by atoms with van der Waals surface area (Å²) < 4.78 is 27.4. The molecule has 0 aliphatic heterocycles. The fourth-order valence-electron chi connectivity index (χ4n) is 1.51. The Morgan fingerprint density at radius 2 is 1.74 bits per heavy atom. The maximum absolute atomic E-state index is 12.2. The predicted octanol–water partition coefficient (Wildman–Crippen LogP) is 3.26. The van der Waals surface area contributed by atoms with Gasteiger partial charge in [-0.1, -0.05) is 17.7 Å². The van der Waals surface area contributed by atoms with Crippen LogP contribution in [0.25, 0.3) is 0 Å². The molecule has 1 heterocycles. The zero-order chi connectivity index (χ0) is 14.0. The van der Waals surface area contributed by atoms with Crippen LogP contribution in [0.4, 0.5) is 5.82 Å². The van der Waals surface area contributed by atoms with Crippen LogP contribution in [0.2, 0.25) is 0 Å². The molecule has 0 amide bonds. The van der Waals surface area contributed by atoms with Crippen molar-refractivity contribution < 1.29 is 8.42 Å². The van der Waals surface area contributed by atoms with Crippen molar-refractivity contribution in [1.29, 1.82) is 0 Å². The summed E-state index contributed by atoms with van der Waals surface area (Å²) in [7, 11) is -3.61. The third kappa shape index (κ3) is 3.33. The van der Waals surface area contributed by atoms with Crippen LogP contribution < -0.4 is 4.72 Å². The molecule has 0 saturated heterocycles. The molecule has 0 aliphatic rings. The predicted molar refractivity (Wildman–Crippen MR) is 78.7 cm³/mol.